The third-order valence-corrected chi connectivity index (χ3v) is 3.12. The lowest BCUT2D eigenvalue weighted by Gasteiger charge is -2.03. The van der Waals surface area contributed by atoms with E-state index < -0.39 is 36.0 Å². The van der Waals surface area contributed by atoms with Gasteiger partial charge in [0.2, 0.25) is 0 Å². The number of guanidine groups is 2. The van der Waals surface area contributed by atoms with Crippen molar-refractivity contribution in [1.29, 1.82) is 0 Å². The van der Waals surface area contributed by atoms with E-state index >= 15 is 0 Å². The Labute approximate surface area is 206 Å². The van der Waals surface area contributed by atoms with Gasteiger partial charge in [0, 0.05) is 13.1 Å². The Morgan fingerprint density at radius 3 is 1.00 bits per heavy atom. The molecule has 0 heterocycles. The number of hydrogen-bond donors (Lipinski definition) is 10. The van der Waals surface area contributed by atoms with Gasteiger partial charge in [0.15, 0.2) is 11.9 Å². The van der Waals surface area contributed by atoms with Gasteiger partial charge in [0.1, 0.15) is 12.1 Å². The number of carboxylic acid groups (broad SMARTS) is 4. The molecule has 0 aromatic rings. The summed E-state index contributed by atoms with van der Waals surface area (Å²) in [5.41, 5.74) is 30.6. The van der Waals surface area contributed by atoms with Crippen molar-refractivity contribution in [2.75, 3.05) is 13.1 Å². The van der Waals surface area contributed by atoms with E-state index in [1.165, 1.54) is 0 Å². The summed E-state index contributed by atoms with van der Waals surface area (Å²) >= 11 is 0. The Bertz CT molecular complexity index is 587. The lowest BCUT2D eigenvalue weighted by atomic mass is 10.2. The fourth-order valence-corrected chi connectivity index (χ4v) is 1.50. The predicted molar refractivity (Wildman–Crippen MR) is 130 cm³/mol. The van der Waals surface area contributed by atoms with Crippen molar-refractivity contribution in [2.24, 2.45) is 44.4 Å². The molecule has 24 N–H and O–H groups in total. The number of carbonyl (C=O) groups is 4. The average molecular weight is 539 g/mol. The van der Waals surface area contributed by atoms with Crippen molar-refractivity contribution in [3.63, 3.8) is 0 Å². The Morgan fingerprint density at radius 1 is 0.583 bits per heavy atom. The summed E-state index contributed by atoms with van der Waals surface area (Å²) in [5.74, 6) is -4.13. The van der Waals surface area contributed by atoms with Crippen LogP contribution < -0.4 is 34.4 Å². The fraction of sp³-hybridized carbons (Fsp3) is 0.625. The quantitative estimate of drug-likeness (QED) is 0.0592. The van der Waals surface area contributed by atoms with Crippen LogP contribution in [0, 0.1) is 0 Å². The number of rotatable bonds is 13. The van der Waals surface area contributed by atoms with Gasteiger partial charge in [-0.05, 0) is 25.7 Å². The molecular formula is C16H42N8O12. The number of carboxylic acids is 4. The molecule has 218 valence electrons. The van der Waals surface area contributed by atoms with Gasteiger partial charge in [-0.25, -0.2) is 0 Å². The first-order chi connectivity index (χ1) is 14.7. The highest BCUT2D eigenvalue weighted by molar-refractivity contribution is 5.76. The minimum atomic E-state index is -1.08. The zero-order chi connectivity index (χ0) is 25.7. The first kappa shape index (κ1) is 49.3. The van der Waals surface area contributed by atoms with Crippen LogP contribution in [-0.4, -0.2) is 103 Å². The summed E-state index contributed by atoms with van der Waals surface area (Å²) in [4.78, 5) is 47.1. The minimum Gasteiger partial charge on any atom is -0.481 e. The maximum absolute atomic E-state index is 10.2. The lowest BCUT2D eigenvalue weighted by molar-refractivity contribution is -0.143. The summed E-state index contributed by atoms with van der Waals surface area (Å²) in [6, 6.07) is -1.64. The molecule has 0 aliphatic rings. The van der Waals surface area contributed by atoms with Crippen LogP contribution in [0.4, 0.5) is 0 Å². The first-order valence-electron chi connectivity index (χ1n) is 9.21. The van der Waals surface area contributed by atoms with Gasteiger partial charge in [-0.2, -0.15) is 0 Å². The highest BCUT2D eigenvalue weighted by Crippen LogP contribution is 1.95. The van der Waals surface area contributed by atoms with Crippen LogP contribution in [0.5, 0.6) is 0 Å². The molecule has 20 heteroatoms. The maximum atomic E-state index is 10.2. The van der Waals surface area contributed by atoms with E-state index in [1.807, 2.05) is 0 Å². The van der Waals surface area contributed by atoms with E-state index in [-0.39, 0.29) is 46.7 Å². The van der Waals surface area contributed by atoms with Crippen LogP contribution >= 0.6 is 0 Å². The van der Waals surface area contributed by atoms with Crippen LogP contribution in [0.1, 0.15) is 38.5 Å². The molecule has 0 aliphatic heterocycles. The molecule has 0 spiro atoms. The van der Waals surface area contributed by atoms with Gasteiger partial charge >= 0.3 is 23.9 Å². The van der Waals surface area contributed by atoms with Crippen LogP contribution in [-0.2, 0) is 19.2 Å². The van der Waals surface area contributed by atoms with Gasteiger partial charge in [-0.3, -0.25) is 29.2 Å². The second kappa shape index (κ2) is 31.2. The van der Waals surface area contributed by atoms with Crippen LogP contribution in [0.15, 0.2) is 9.98 Å². The average Bonchev–Trinajstić information content (AvgIpc) is 2.67. The first-order valence-corrected chi connectivity index (χ1v) is 9.21. The predicted octanol–water partition coefficient (Wildman–Crippen LogP) is -6.46. The zero-order valence-corrected chi connectivity index (χ0v) is 19.6. The van der Waals surface area contributed by atoms with E-state index in [4.69, 9.17) is 54.8 Å². The largest absolute Gasteiger partial charge is 0.481 e. The van der Waals surface area contributed by atoms with Gasteiger partial charge in [0.05, 0.1) is 12.8 Å². The number of nitrogens with two attached hydrogens (primary N) is 6. The summed E-state index contributed by atoms with van der Waals surface area (Å²) in [6.45, 7) is 0.840. The third kappa shape index (κ3) is 47.8. The monoisotopic (exact) mass is 538 g/mol. The van der Waals surface area contributed by atoms with Crippen LogP contribution in [0.3, 0.4) is 0 Å². The van der Waals surface area contributed by atoms with Crippen molar-refractivity contribution < 1.29 is 61.5 Å². The lowest BCUT2D eigenvalue weighted by Crippen LogP contribution is -2.30. The summed E-state index contributed by atoms with van der Waals surface area (Å²) < 4.78 is 0. The molecule has 0 amide bonds. The number of aliphatic imine (C=N–C) groups is 2. The topological polar surface area (TPSA) is 456 Å². The van der Waals surface area contributed by atoms with Gasteiger partial charge in [-0.15, -0.1) is 0 Å². The van der Waals surface area contributed by atoms with E-state index in [0.717, 1.165) is 0 Å². The highest BCUT2D eigenvalue weighted by Gasteiger charge is 2.10. The minimum absolute atomic E-state index is 0. The molecule has 2 atom stereocenters. The molecule has 0 aromatic carbocycles. The third-order valence-electron chi connectivity index (χ3n) is 3.12. The van der Waals surface area contributed by atoms with Crippen LogP contribution in [0.25, 0.3) is 0 Å². The fourth-order valence-electron chi connectivity index (χ4n) is 1.50. The second-order valence-electron chi connectivity index (χ2n) is 6.07. The molecule has 0 saturated carbocycles. The van der Waals surface area contributed by atoms with Crippen molar-refractivity contribution in [1.82, 2.24) is 0 Å². The Balaban J connectivity index is -0.0000000677. The molecule has 0 saturated heterocycles. The molecule has 20 nitrogen and oxygen atoms in total. The number of aliphatic carboxylic acids is 4. The van der Waals surface area contributed by atoms with Gasteiger partial charge in [0.25, 0.3) is 0 Å². The SMILES string of the molecule is NC(N)=NCCC[C@H](N)C(=O)O.NC(N)=NCCC[C@H](N)C(=O)O.O.O.O.O.O=C(O)CCC(=O)O. The Kier molecular flexibility index (Phi) is 42.7. The molecule has 0 bridgehead atoms. The molecule has 0 fully saturated rings. The van der Waals surface area contributed by atoms with E-state index in [1.54, 1.807) is 0 Å². The van der Waals surface area contributed by atoms with Gasteiger partial charge in [-0.1, -0.05) is 0 Å². The van der Waals surface area contributed by atoms with Crippen molar-refractivity contribution in [3.05, 3.63) is 0 Å². The molecule has 0 radical (unpaired) electrons. The molecule has 0 unspecified atom stereocenters. The van der Waals surface area contributed by atoms with Gasteiger partial charge < -0.3 is 76.7 Å². The van der Waals surface area contributed by atoms with Crippen molar-refractivity contribution in [2.45, 2.75) is 50.6 Å². The number of nitrogens with zero attached hydrogens (tertiary/aromatic N) is 2. The standard InChI is InChI=1S/2C6H14N4O2.C4H6O4.4H2O/c2*7-4(5(11)12)2-1-3-10-6(8)9;5-3(6)1-2-4(7)8;;;;/h2*4H,1-3,7H2,(H,11,12)(H4,8,9,10);1-2H2,(H,5,6)(H,7,8);4*1H2/t2*4-;;;;;/m00...../s1. The molecule has 0 aliphatic carbocycles. The summed E-state index contributed by atoms with van der Waals surface area (Å²) in [6.07, 6.45) is 1.32. The van der Waals surface area contributed by atoms with E-state index in [0.29, 0.717) is 38.8 Å². The summed E-state index contributed by atoms with van der Waals surface area (Å²) in [7, 11) is 0. The highest BCUT2D eigenvalue weighted by atomic mass is 16.4. The Morgan fingerprint density at radius 2 is 0.833 bits per heavy atom. The molecule has 0 aromatic heterocycles. The second-order valence-corrected chi connectivity index (χ2v) is 6.07. The van der Waals surface area contributed by atoms with Crippen molar-refractivity contribution in [3.8, 4) is 0 Å². The molecule has 36 heavy (non-hydrogen) atoms. The van der Waals surface area contributed by atoms with Crippen LogP contribution in [0.2, 0.25) is 0 Å². The summed E-state index contributed by atoms with van der Waals surface area (Å²) in [5, 5.41) is 32.6. The molecule has 0 rings (SSSR count). The normalized spacial score (nSPS) is 9.94. The molecular weight excluding hydrogens is 496 g/mol. The maximum Gasteiger partial charge on any atom is 0.320 e. The smallest absolute Gasteiger partial charge is 0.320 e. The van der Waals surface area contributed by atoms with E-state index in [2.05, 4.69) is 9.98 Å². The zero-order valence-electron chi connectivity index (χ0n) is 19.6. The Hall–Kier alpha value is -3.82. The van der Waals surface area contributed by atoms with Crippen molar-refractivity contribution >= 4 is 35.8 Å². The number of hydrogen-bond acceptors (Lipinski definition) is 8. The van der Waals surface area contributed by atoms with E-state index in [9.17, 15) is 19.2 Å².